The van der Waals surface area contributed by atoms with E-state index in [1.807, 2.05) is 24.4 Å². The summed E-state index contributed by atoms with van der Waals surface area (Å²) in [6.07, 6.45) is 1.94. The summed E-state index contributed by atoms with van der Waals surface area (Å²) in [6.45, 7) is 7.06. The zero-order valence-corrected chi connectivity index (χ0v) is 12.1. The standard InChI is InChI=1S/C10H11NO.C5H10O2/c1-7-5-9(12-2)6-8-3-4-11-10(7)8;1-5(2,3)4(6)7/h3-6,11H,1-2H3;1-3H3,(H,6,7). The first kappa shape index (κ1) is 15.1. The van der Waals surface area contributed by atoms with Gasteiger partial charge in [-0.1, -0.05) is 0 Å². The van der Waals surface area contributed by atoms with Gasteiger partial charge in [0.05, 0.1) is 12.5 Å². The molecule has 0 amide bonds. The third-order valence-electron chi connectivity index (χ3n) is 2.71. The van der Waals surface area contributed by atoms with Gasteiger partial charge >= 0.3 is 5.97 Å². The van der Waals surface area contributed by atoms with Crippen LogP contribution in [-0.2, 0) is 4.79 Å². The van der Waals surface area contributed by atoms with E-state index in [0.29, 0.717) is 0 Å². The molecule has 1 aromatic heterocycles. The fourth-order valence-electron chi connectivity index (χ4n) is 1.44. The fraction of sp³-hybridized carbons (Fsp3) is 0.400. The van der Waals surface area contributed by atoms with E-state index in [1.165, 1.54) is 16.5 Å². The number of carbonyl (C=O) groups is 1. The number of carboxylic acid groups (broad SMARTS) is 1. The molecule has 1 aromatic carbocycles. The summed E-state index contributed by atoms with van der Waals surface area (Å²) in [6, 6.07) is 6.10. The molecule has 4 heteroatoms. The average molecular weight is 263 g/mol. The molecule has 4 nitrogen and oxygen atoms in total. The SMILES string of the molecule is CC(C)(C)C(=O)O.COc1cc(C)c2[nH]ccc2c1. The molecule has 0 unspecified atom stereocenters. The molecule has 2 N–H and O–H groups in total. The predicted molar refractivity (Wildman–Crippen MR) is 76.7 cm³/mol. The maximum Gasteiger partial charge on any atom is 0.308 e. The van der Waals surface area contributed by atoms with Crippen LogP contribution in [0.25, 0.3) is 10.9 Å². The van der Waals surface area contributed by atoms with Crippen LogP contribution < -0.4 is 4.74 Å². The molecule has 0 saturated heterocycles. The van der Waals surface area contributed by atoms with Crippen molar-refractivity contribution in [3.63, 3.8) is 0 Å². The smallest absolute Gasteiger partial charge is 0.308 e. The van der Waals surface area contributed by atoms with Crippen LogP contribution in [0.1, 0.15) is 26.3 Å². The lowest BCUT2D eigenvalue weighted by atomic mass is 9.98. The fourth-order valence-corrected chi connectivity index (χ4v) is 1.44. The number of aromatic amines is 1. The van der Waals surface area contributed by atoms with Crippen LogP contribution in [0.3, 0.4) is 0 Å². The number of ether oxygens (including phenoxy) is 1. The molecule has 0 aliphatic rings. The molecule has 0 aliphatic carbocycles. The Labute approximate surface area is 113 Å². The molecule has 0 bridgehead atoms. The van der Waals surface area contributed by atoms with Gasteiger partial charge in [0.15, 0.2) is 0 Å². The van der Waals surface area contributed by atoms with Crippen molar-refractivity contribution in [1.29, 1.82) is 0 Å². The van der Waals surface area contributed by atoms with E-state index in [0.717, 1.165) is 5.75 Å². The number of aromatic nitrogens is 1. The maximum atomic E-state index is 10.0. The monoisotopic (exact) mass is 263 g/mol. The van der Waals surface area contributed by atoms with Gasteiger partial charge in [-0.3, -0.25) is 4.79 Å². The van der Waals surface area contributed by atoms with Crippen molar-refractivity contribution in [2.75, 3.05) is 7.11 Å². The van der Waals surface area contributed by atoms with Crippen molar-refractivity contribution in [2.45, 2.75) is 27.7 Å². The quantitative estimate of drug-likeness (QED) is 0.826. The lowest BCUT2D eigenvalue weighted by Gasteiger charge is -2.08. The highest BCUT2D eigenvalue weighted by molar-refractivity contribution is 5.83. The van der Waals surface area contributed by atoms with Gasteiger partial charge in [0.2, 0.25) is 0 Å². The molecule has 2 rings (SSSR count). The largest absolute Gasteiger partial charge is 0.497 e. The van der Waals surface area contributed by atoms with Crippen molar-refractivity contribution in [2.24, 2.45) is 5.41 Å². The number of rotatable bonds is 1. The van der Waals surface area contributed by atoms with Gasteiger partial charge in [0.1, 0.15) is 5.75 Å². The van der Waals surface area contributed by atoms with Gasteiger partial charge in [0.25, 0.3) is 0 Å². The Balaban J connectivity index is 0.000000224. The summed E-state index contributed by atoms with van der Waals surface area (Å²) < 4.78 is 5.16. The molecule has 0 fully saturated rings. The van der Waals surface area contributed by atoms with Gasteiger partial charge in [-0.25, -0.2) is 0 Å². The zero-order valence-electron chi connectivity index (χ0n) is 12.1. The van der Waals surface area contributed by atoms with E-state index in [-0.39, 0.29) is 0 Å². The van der Waals surface area contributed by atoms with E-state index >= 15 is 0 Å². The van der Waals surface area contributed by atoms with Crippen LogP contribution in [0.4, 0.5) is 0 Å². The minimum absolute atomic E-state index is 0.583. The van der Waals surface area contributed by atoms with Crippen LogP contribution in [0.2, 0.25) is 0 Å². The second-order valence-corrected chi connectivity index (χ2v) is 5.44. The molecule has 0 saturated carbocycles. The number of nitrogens with one attached hydrogen (secondary N) is 1. The molecular weight excluding hydrogens is 242 g/mol. The second kappa shape index (κ2) is 5.78. The van der Waals surface area contributed by atoms with Gasteiger partial charge < -0.3 is 14.8 Å². The number of hydrogen-bond acceptors (Lipinski definition) is 2. The number of carboxylic acids is 1. The van der Waals surface area contributed by atoms with Gasteiger partial charge in [0, 0.05) is 17.1 Å². The van der Waals surface area contributed by atoms with Crippen LogP contribution in [0.5, 0.6) is 5.75 Å². The Bertz CT molecular complexity index is 564. The van der Waals surface area contributed by atoms with Crippen molar-refractivity contribution in [3.8, 4) is 5.75 Å². The van der Waals surface area contributed by atoms with Gasteiger partial charge in [-0.2, -0.15) is 0 Å². The Kier molecular flexibility index (Phi) is 4.59. The number of hydrogen-bond donors (Lipinski definition) is 2. The summed E-state index contributed by atoms with van der Waals surface area (Å²) >= 11 is 0. The Morgan fingerprint density at radius 3 is 2.37 bits per heavy atom. The molecule has 104 valence electrons. The molecule has 19 heavy (non-hydrogen) atoms. The van der Waals surface area contributed by atoms with Crippen molar-refractivity contribution < 1.29 is 14.6 Å². The van der Waals surface area contributed by atoms with Crippen molar-refractivity contribution in [3.05, 3.63) is 30.0 Å². The summed E-state index contributed by atoms with van der Waals surface area (Å²) in [4.78, 5) is 13.2. The molecule has 0 atom stereocenters. The predicted octanol–water partition coefficient (Wildman–Crippen LogP) is 3.60. The van der Waals surface area contributed by atoms with E-state index in [1.54, 1.807) is 27.9 Å². The topological polar surface area (TPSA) is 62.3 Å². The van der Waals surface area contributed by atoms with Crippen LogP contribution in [0, 0.1) is 12.3 Å². The first-order valence-corrected chi connectivity index (χ1v) is 6.11. The van der Waals surface area contributed by atoms with E-state index < -0.39 is 11.4 Å². The van der Waals surface area contributed by atoms with Crippen molar-refractivity contribution in [1.82, 2.24) is 4.98 Å². The molecule has 0 aliphatic heterocycles. The van der Waals surface area contributed by atoms with Gasteiger partial charge in [-0.05, 0) is 51.5 Å². The third-order valence-corrected chi connectivity index (χ3v) is 2.71. The van der Waals surface area contributed by atoms with Gasteiger partial charge in [-0.15, -0.1) is 0 Å². The van der Waals surface area contributed by atoms with Crippen LogP contribution >= 0.6 is 0 Å². The number of aliphatic carboxylic acids is 1. The number of aryl methyl sites for hydroxylation is 1. The Morgan fingerprint density at radius 1 is 1.32 bits per heavy atom. The average Bonchev–Trinajstić information content (AvgIpc) is 2.77. The summed E-state index contributed by atoms with van der Waals surface area (Å²) in [5.41, 5.74) is 1.82. The number of benzene rings is 1. The van der Waals surface area contributed by atoms with E-state index in [2.05, 4.69) is 11.9 Å². The van der Waals surface area contributed by atoms with Crippen molar-refractivity contribution >= 4 is 16.9 Å². The summed E-state index contributed by atoms with van der Waals surface area (Å²) in [5.74, 6) is 0.159. The number of H-pyrrole nitrogens is 1. The molecule has 2 aromatic rings. The first-order valence-electron chi connectivity index (χ1n) is 6.11. The highest BCUT2D eigenvalue weighted by Crippen LogP contribution is 2.23. The number of methoxy groups -OCH3 is 1. The highest BCUT2D eigenvalue weighted by atomic mass is 16.5. The second-order valence-electron chi connectivity index (χ2n) is 5.44. The molecule has 0 spiro atoms. The summed E-state index contributed by atoms with van der Waals surface area (Å²) in [5, 5.41) is 9.45. The minimum Gasteiger partial charge on any atom is -0.497 e. The third kappa shape index (κ3) is 4.02. The van der Waals surface area contributed by atoms with Crippen LogP contribution in [0.15, 0.2) is 24.4 Å². The molecule has 0 radical (unpaired) electrons. The molecule has 1 heterocycles. The Hall–Kier alpha value is -1.97. The van der Waals surface area contributed by atoms with Crippen LogP contribution in [-0.4, -0.2) is 23.2 Å². The zero-order chi connectivity index (χ0) is 14.6. The van der Waals surface area contributed by atoms with E-state index in [4.69, 9.17) is 9.84 Å². The summed E-state index contributed by atoms with van der Waals surface area (Å²) in [7, 11) is 1.69. The lowest BCUT2D eigenvalue weighted by molar-refractivity contribution is -0.145. The Morgan fingerprint density at radius 2 is 1.89 bits per heavy atom. The minimum atomic E-state index is -0.757. The molecular formula is C15H21NO3. The first-order chi connectivity index (χ1) is 8.75. The normalized spacial score (nSPS) is 10.8. The highest BCUT2D eigenvalue weighted by Gasteiger charge is 2.18. The lowest BCUT2D eigenvalue weighted by Crippen LogP contribution is -2.18. The number of fused-ring (bicyclic) bond motifs is 1. The maximum absolute atomic E-state index is 10.0. The van der Waals surface area contributed by atoms with E-state index in [9.17, 15) is 4.79 Å².